The van der Waals surface area contributed by atoms with E-state index in [1.165, 1.54) is 0 Å². The number of rotatable bonds is 5. The zero-order valence-corrected chi connectivity index (χ0v) is 10.9. The minimum atomic E-state index is 0.239. The maximum absolute atomic E-state index is 11.6. The monoisotopic (exact) mass is 229 g/mol. The van der Waals surface area contributed by atoms with Crippen LogP contribution in [-0.2, 0) is 4.79 Å². The molecular weight excluding hydrogens is 202 g/mol. The summed E-state index contributed by atoms with van der Waals surface area (Å²) in [6, 6.07) is 0. The maximum atomic E-state index is 11.6. The number of carbonyl (C=O) groups is 1. The van der Waals surface area contributed by atoms with Crippen LogP contribution in [0.4, 0.5) is 0 Å². The highest BCUT2D eigenvalue weighted by atomic mass is 16.1. The number of amides is 1. The summed E-state index contributed by atoms with van der Waals surface area (Å²) in [6.07, 6.45) is 2.98. The summed E-state index contributed by atoms with van der Waals surface area (Å²) in [7, 11) is 1.93. The Kier molecular flexibility index (Phi) is 10.5. The van der Waals surface area contributed by atoms with Crippen molar-refractivity contribution in [3.8, 4) is 0 Å². The fourth-order valence-electron chi connectivity index (χ4n) is 1.71. The molecule has 0 spiro atoms. The van der Waals surface area contributed by atoms with Crippen LogP contribution in [0.3, 0.4) is 0 Å². The second kappa shape index (κ2) is 10.9. The molecule has 1 amide bonds. The van der Waals surface area contributed by atoms with Gasteiger partial charge < -0.3 is 16.0 Å². The van der Waals surface area contributed by atoms with E-state index in [2.05, 4.69) is 16.0 Å². The van der Waals surface area contributed by atoms with Crippen LogP contribution >= 0.6 is 0 Å². The third kappa shape index (κ3) is 6.80. The average molecular weight is 229 g/mol. The van der Waals surface area contributed by atoms with Gasteiger partial charge in [-0.25, -0.2) is 0 Å². The standard InChI is InChI=1S/C10H21N3O.C2H6/c1-11-5-2-6-13-10(14)9-3-7-12-8-4-9;1-2/h9,11-12H,2-8H2,1H3,(H,13,14);1-2H3. The molecule has 0 unspecified atom stereocenters. The third-order valence-corrected chi connectivity index (χ3v) is 2.61. The zero-order valence-electron chi connectivity index (χ0n) is 10.9. The maximum Gasteiger partial charge on any atom is 0.223 e. The van der Waals surface area contributed by atoms with Gasteiger partial charge in [0.1, 0.15) is 0 Å². The van der Waals surface area contributed by atoms with Gasteiger partial charge in [-0.1, -0.05) is 13.8 Å². The number of carbonyl (C=O) groups excluding carboxylic acids is 1. The molecule has 96 valence electrons. The molecule has 4 nitrogen and oxygen atoms in total. The third-order valence-electron chi connectivity index (χ3n) is 2.61. The van der Waals surface area contributed by atoms with Gasteiger partial charge in [0, 0.05) is 12.5 Å². The van der Waals surface area contributed by atoms with Crippen LogP contribution < -0.4 is 16.0 Å². The van der Waals surface area contributed by atoms with Crippen molar-refractivity contribution >= 4 is 5.91 Å². The summed E-state index contributed by atoms with van der Waals surface area (Å²) in [5.74, 6) is 0.480. The molecule has 16 heavy (non-hydrogen) atoms. The van der Waals surface area contributed by atoms with Crippen molar-refractivity contribution in [1.82, 2.24) is 16.0 Å². The fourth-order valence-corrected chi connectivity index (χ4v) is 1.71. The molecule has 0 aromatic rings. The second-order valence-corrected chi connectivity index (χ2v) is 3.77. The molecule has 1 rings (SSSR count). The molecule has 1 heterocycles. The van der Waals surface area contributed by atoms with E-state index >= 15 is 0 Å². The van der Waals surface area contributed by atoms with E-state index < -0.39 is 0 Å². The summed E-state index contributed by atoms with van der Waals surface area (Å²) in [5.41, 5.74) is 0. The van der Waals surface area contributed by atoms with Crippen molar-refractivity contribution in [3.63, 3.8) is 0 Å². The van der Waals surface area contributed by atoms with E-state index in [0.29, 0.717) is 0 Å². The molecule has 0 radical (unpaired) electrons. The molecule has 0 aliphatic carbocycles. The Morgan fingerprint density at radius 3 is 2.44 bits per heavy atom. The lowest BCUT2D eigenvalue weighted by molar-refractivity contribution is -0.125. The van der Waals surface area contributed by atoms with Crippen molar-refractivity contribution in [3.05, 3.63) is 0 Å². The van der Waals surface area contributed by atoms with Crippen molar-refractivity contribution < 1.29 is 4.79 Å². The van der Waals surface area contributed by atoms with Gasteiger partial charge in [-0.15, -0.1) is 0 Å². The van der Waals surface area contributed by atoms with Crippen LogP contribution in [-0.4, -0.2) is 39.1 Å². The van der Waals surface area contributed by atoms with Gasteiger partial charge in [-0.3, -0.25) is 4.79 Å². The van der Waals surface area contributed by atoms with Crippen LogP contribution in [0.5, 0.6) is 0 Å². The molecule has 0 saturated carbocycles. The number of piperidine rings is 1. The van der Waals surface area contributed by atoms with E-state index in [1.807, 2.05) is 20.9 Å². The molecule has 1 saturated heterocycles. The van der Waals surface area contributed by atoms with Crippen molar-refractivity contribution in [2.45, 2.75) is 33.1 Å². The van der Waals surface area contributed by atoms with Crippen molar-refractivity contribution in [2.75, 3.05) is 33.2 Å². The first-order valence-corrected chi connectivity index (χ1v) is 6.47. The van der Waals surface area contributed by atoms with Crippen LogP contribution in [0.2, 0.25) is 0 Å². The SMILES string of the molecule is CC.CNCCCNC(=O)C1CCNCC1. The molecule has 0 bridgehead atoms. The van der Waals surface area contributed by atoms with Gasteiger partial charge in [0.05, 0.1) is 0 Å². The first kappa shape index (κ1) is 15.4. The van der Waals surface area contributed by atoms with Gasteiger partial charge in [0.25, 0.3) is 0 Å². The van der Waals surface area contributed by atoms with Crippen LogP contribution in [0.1, 0.15) is 33.1 Å². The Balaban J connectivity index is 0.00000106. The van der Waals surface area contributed by atoms with E-state index in [-0.39, 0.29) is 11.8 Å². The van der Waals surface area contributed by atoms with Gasteiger partial charge in [-0.05, 0) is 45.9 Å². The highest BCUT2D eigenvalue weighted by Crippen LogP contribution is 2.10. The Morgan fingerprint density at radius 1 is 1.25 bits per heavy atom. The Morgan fingerprint density at radius 2 is 1.88 bits per heavy atom. The Hall–Kier alpha value is -0.610. The summed E-state index contributed by atoms with van der Waals surface area (Å²) in [4.78, 5) is 11.6. The topological polar surface area (TPSA) is 53.2 Å². The molecule has 1 fully saturated rings. The number of nitrogens with one attached hydrogen (secondary N) is 3. The smallest absolute Gasteiger partial charge is 0.223 e. The Labute approximate surface area is 99.6 Å². The summed E-state index contributed by atoms with van der Waals surface area (Å²) < 4.78 is 0. The van der Waals surface area contributed by atoms with E-state index in [1.54, 1.807) is 0 Å². The van der Waals surface area contributed by atoms with E-state index in [4.69, 9.17) is 0 Å². The first-order chi connectivity index (χ1) is 7.84. The Bertz CT molecular complexity index is 168. The van der Waals surface area contributed by atoms with Crippen molar-refractivity contribution in [1.29, 1.82) is 0 Å². The number of hydrogen-bond donors (Lipinski definition) is 3. The lowest BCUT2D eigenvalue weighted by Crippen LogP contribution is -2.38. The summed E-state index contributed by atoms with van der Waals surface area (Å²) >= 11 is 0. The predicted molar refractivity (Wildman–Crippen MR) is 68.5 cm³/mol. The molecule has 0 atom stereocenters. The minimum absolute atomic E-state index is 0.239. The molecule has 1 aliphatic heterocycles. The summed E-state index contributed by atoms with van der Waals surface area (Å²) in [5, 5.41) is 9.30. The highest BCUT2D eigenvalue weighted by molar-refractivity contribution is 5.78. The van der Waals surface area contributed by atoms with Gasteiger partial charge in [0.2, 0.25) is 5.91 Å². The summed E-state index contributed by atoms with van der Waals surface area (Å²) in [6.45, 7) is 7.72. The zero-order chi connectivity index (χ0) is 12.2. The van der Waals surface area contributed by atoms with Crippen LogP contribution in [0.15, 0.2) is 0 Å². The quantitative estimate of drug-likeness (QED) is 0.609. The molecular formula is C12H27N3O. The normalized spacial score (nSPS) is 16.2. The van der Waals surface area contributed by atoms with E-state index in [9.17, 15) is 4.79 Å². The van der Waals surface area contributed by atoms with Gasteiger partial charge >= 0.3 is 0 Å². The van der Waals surface area contributed by atoms with Crippen LogP contribution in [0, 0.1) is 5.92 Å². The average Bonchev–Trinajstić information content (AvgIpc) is 2.38. The minimum Gasteiger partial charge on any atom is -0.356 e. The van der Waals surface area contributed by atoms with E-state index in [0.717, 1.165) is 45.4 Å². The molecule has 4 heteroatoms. The van der Waals surface area contributed by atoms with Crippen LogP contribution in [0.25, 0.3) is 0 Å². The molecule has 0 aromatic heterocycles. The van der Waals surface area contributed by atoms with Crippen molar-refractivity contribution in [2.24, 2.45) is 5.92 Å². The first-order valence-electron chi connectivity index (χ1n) is 6.47. The lowest BCUT2D eigenvalue weighted by atomic mass is 9.97. The van der Waals surface area contributed by atoms with Gasteiger partial charge in [-0.2, -0.15) is 0 Å². The number of hydrogen-bond acceptors (Lipinski definition) is 3. The lowest BCUT2D eigenvalue weighted by Gasteiger charge is -2.21. The molecule has 3 N–H and O–H groups in total. The predicted octanol–water partition coefficient (Wildman–Crippen LogP) is 0.738. The second-order valence-electron chi connectivity index (χ2n) is 3.77. The fraction of sp³-hybridized carbons (Fsp3) is 0.917. The molecule has 1 aliphatic rings. The largest absolute Gasteiger partial charge is 0.356 e. The highest BCUT2D eigenvalue weighted by Gasteiger charge is 2.19. The van der Waals surface area contributed by atoms with Gasteiger partial charge in [0.15, 0.2) is 0 Å². The molecule has 0 aromatic carbocycles.